The monoisotopic (exact) mass is 416 g/mol. The minimum Gasteiger partial charge on any atom is -0.477 e. The molecule has 0 radical (unpaired) electrons. The lowest BCUT2D eigenvalue weighted by Crippen LogP contribution is -2.44. The Morgan fingerprint density at radius 3 is 2.65 bits per heavy atom. The van der Waals surface area contributed by atoms with Gasteiger partial charge in [0.05, 0.1) is 11.9 Å². The summed E-state index contributed by atoms with van der Waals surface area (Å²) in [5, 5.41) is 9.99. The second-order valence-corrected chi connectivity index (χ2v) is 9.79. The van der Waals surface area contributed by atoms with Crippen molar-refractivity contribution in [3.8, 4) is 0 Å². The zero-order valence-electron chi connectivity index (χ0n) is 14.4. The van der Waals surface area contributed by atoms with Crippen LogP contribution in [-0.4, -0.2) is 56.1 Å². The van der Waals surface area contributed by atoms with E-state index >= 15 is 0 Å². The molecule has 2 aromatic heterocycles. The summed E-state index contributed by atoms with van der Waals surface area (Å²) in [4.78, 5) is 19.7. The van der Waals surface area contributed by atoms with Gasteiger partial charge in [0.25, 0.3) is 0 Å². The molecule has 0 saturated carbocycles. The lowest BCUT2D eigenvalue weighted by molar-refractivity contribution is 0.0703. The van der Waals surface area contributed by atoms with Crippen molar-refractivity contribution in [3.63, 3.8) is 0 Å². The summed E-state index contributed by atoms with van der Waals surface area (Å²) in [6, 6.07) is 1.85. The predicted molar refractivity (Wildman–Crippen MR) is 106 cm³/mol. The number of anilines is 2. The van der Waals surface area contributed by atoms with Crippen molar-refractivity contribution in [3.05, 3.63) is 10.9 Å². The van der Waals surface area contributed by atoms with Gasteiger partial charge < -0.3 is 15.7 Å². The van der Waals surface area contributed by atoms with Crippen LogP contribution < -0.4 is 15.4 Å². The Kier molecular flexibility index (Phi) is 5.33. The Balaban J connectivity index is 1.89. The van der Waals surface area contributed by atoms with E-state index in [0.29, 0.717) is 36.1 Å². The molecule has 3 rings (SSSR count). The molecule has 3 heterocycles. The lowest BCUT2D eigenvalue weighted by Gasteiger charge is -2.33. The van der Waals surface area contributed by atoms with Crippen LogP contribution in [0, 0.1) is 0 Å². The van der Waals surface area contributed by atoms with E-state index in [1.54, 1.807) is 0 Å². The van der Waals surface area contributed by atoms with Crippen molar-refractivity contribution in [1.29, 1.82) is 0 Å². The number of rotatable bonds is 5. The molecule has 1 aliphatic heterocycles. The quantitative estimate of drug-likeness (QED) is 0.630. The summed E-state index contributed by atoms with van der Waals surface area (Å²) in [5.41, 5.74) is 6.28. The highest BCUT2D eigenvalue weighted by Crippen LogP contribution is 2.40. The van der Waals surface area contributed by atoms with E-state index < -0.39 is 16.0 Å². The number of aromatic nitrogens is 1. The normalized spacial score (nSPS) is 16.3. The molecule has 0 aliphatic carbocycles. The number of aromatic carboxylic acids is 1. The molecule has 142 valence electrons. The Morgan fingerprint density at radius 2 is 2.12 bits per heavy atom. The minimum atomic E-state index is -3.21. The number of nitrogen functional groups attached to an aromatic ring is 1. The standard InChI is InChI=1S/C15H20N4O4S3/c1-24-9-7-10(17-14-11(9)12(16)13(25-14)15(20)21)19-5-3-8(4-6-19)18-26(2,22)23/h7-8,18H,3-6,16H2,1-2H3,(H,20,21). The second kappa shape index (κ2) is 7.22. The fourth-order valence-corrected chi connectivity index (χ4v) is 5.58. The SMILES string of the molecule is CSc1cc(N2CCC(NS(C)(=O)=O)CC2)nc2sc(C(=O)O)c(N)c12. The van der Waals surface area contributed by atoms with Crippen LogP contribution in [0.3, 0.4) is 0 Å². The molecule has 11 heteroatoms. The van der Waals surface area contributed by atoms with Crippen LogP contribution in [0.25, 0.3) is 10.2 Å². The van der Waals surface area contributed by atoms with Crippen LogP contribution in [0.1, 0.15) is 22.5 Å². The molecular weight excluding hydrogens is 396 g/mol. The molecular formula is C15H20N4O4S3. The van der Waals surface area contributed by atoms with Crippen molar-refractivity contribution >= 4 is 60.8 Å². The number of carbonyl (C=O) groups is 1. The van der Waals surface area contributed by atoms with Gasteiger partial charge >= 0.3 is 5.97 Å². The van der Waals surface area contributed by atoms with Gasteiger partial charge in [0.2, 0.25) is 10.0 Å². The maximum Gasteiger partial charge on any atom is 0.348 e. The van der Waals surface area contributed by atoms with E-state index in [1.807, 2.05) is 12.3 Å². The van der Waals surface area contributed by atoms with Gasteiger partial charge in [-0.25, -0.2) is 22.9 Å². The largest absolute Gasteiger partial charge is 0.477 e. The third kappa shape index (κ3) is 3.90. The van der Waals surface area contributed by atoms with Crippen LogP contribution in [0.4, 0.5) is 11.5 Å². The number of nitrogens with one attached hydrogen (secondary N) is 1. The summed E-state index contributed by atoms with van der Waals surface area (Å²) in [6.45, 7) is 1.35. The summed E-state index contributed by atoms with van der Waals surface area (Å²) < 4.78 is 25.4. The maximum absolute atomic E-state index is 11.4. The first-order chi connectivity index (χ1) is 12.2. The molecule has 26 heavy (non-hydrogen) atoms. The van der Waals surface area contributed by atoms with Gasteiger partial charge in [-0.1, -0.05) is 0 Å². The molecule has 2 aromatic rings. The Bertz CT molecular complexity index is 949. The van der Waals surface area contributed by atoms with Gasteiger partial charge in [0, 0.05) is 29.4 Å². The summed E-state index contributed by atoms with van der Waals surface area (Å²) in [5.74, 6) is -0.287. The number of carboxylic acid groups (broad SMARTS) is 1. The number of piperidine rings is 1. The highest BCUT2D eigenvalue weighted by Gasteiger charge is 2.25. The van der Waals surface area contributed by atoms with Crippen LogP contribution in [0.2, 0.25) is 0 Å². The molecule has 0 unspecified atom stereocenters. The number of fused-ring (bicyclic) bond motifs is 1. The fourth-order valence-electron chi connectivity index (χ4n) is 3.09. The molecule has 1 aliphatic rings. The van der Waals surface area contributed by atoms with Crippen molar-refractivity contribution in [2.24, 2.45) is 0 Å². The van der Waals surface area contributed by atoms with Gasteiger partial charge in [-0.2, -0.15) is 0 Å². The number of thioether (sulfide) groups is 1. The number of hydrogen-bond donors (Lipinski definition) is 3. The van der Waals surface area contributed by atoms with Crippen molar-refractivity contribution < 1.29 is 18.3 Å². The van der Waals surface area contributed by atoms with Crippen LogP contribution >= 0.6 is 23.1 Å². The Morgan fingerprint density at radius 1 is 1.46 bits per heavy atom. The first-order valence-corrected chi connectivity index (χ1v) is 11.9. The first kappa shape index (κ1) is 19.2. The summed E-state index contributed by atoms with van der Waals surface area (Å²) in [6.07, 6.45) is 4.46. The third-order valence-electron chi connectivity index (χ3n) is 4.26. The Labute approximate surface area is 159 Å². The highest BCUT2D eigenvalue weighted by atomic mass is 32.2. The highest BCUT2D eigenvalue weighted by molar-refractivity contribution is 7.98. The molecule has 0 amide bonds. The number of thiophene rings is 1. The lowest BCUT2D eigenvalue weighted by atomic mass is 10.1. The number of nitrogens with two attached hydrogens (primary N) is 1. The molecule has 0 spiro atoms. The van der Waals surface area contributed by atoms with Crippen molar-refractivity contribution in [1.82, 2.24) is 9.71 Å². The number of sulfonamides is 1. The van der Waals surface area contributed by atoms with E-state index in [-0.39, 0.29) is 16.6 Å². The van der Waals surface area contributed by atoms with E-state index in [1.165, 1.54) is 18.0 Å². The van der Waals surface area contributed by atoms with Gasteiger partial charge in [0.1, 0.15) is 15.5 Å². The maximum atomic E-state index is 11.4. The van der Waals surface area contributed by atoms with E-state index in [9.17, 15) is 18.3 Å². The molecule has 4 N–H and O–H groups in total. The van der Waals surface area contributed by atoms with E-state index in [0.717, 1.165) is 22.1 Å². The average molecular weight is 417 g/mol. The summed E-state index contributed by atoms with van der Waals surface area (Å²) >= 11 is 2.58. The number of pyridine rings is 1. The van der Waals surface area contributed by atoms with Gasteiger partial charge in [0.15, 0.2) is 0 Å². The van der Waals surface area contributed by atoms with Gasteiger partial charge in [-0.05, 0) is 25.2 Å². The number of carboxylic acids is 1. The van der Waals surface area contributed by atoms with Gasteiger partial charge in [-0.15, -0.1) is 23.1 Å². The van der Waals surface area contributed by atoms with Crippen LogP contribution in [0.15, 0.2) is 11.0 Å². The Hall–Kier alpha value is -1.56. The predicted octanol–water partition coefficient (Wildman–Crippen LogP) is 1.82. The zero-order valence-corrected chi connectivity index (χ0v) is 16.8. The van der Waals surface area contributed by atoms with Crippen LogP contribution in [-0.2, 0) is 10.0 Å². The minimum absolute atomic E-state index is 0.0685. The molecule has 1 saturated heterocycles. The zero-order chi connectivity index (χ0) is 19.1. The second-order valence-electron chi connectivity index (χ2n) is 6.16. The molecule has 0 atom stereocenters. The van der Waals surface area contributed by atoms with E-state index in [4.69, 9.17) is 5.73 Å². The van der Waals surface area contributed by atoms with Crippen molar-refractivity contribution in [2.75, 3.05) is 36.2 Å². The average Bonchev–Trinajstić information content (AvgIpc) is 2.90. The first-order valence-electron chi connectivity index (χ1n) is 7.92. The van der Waals surface area contributed by atoms with E-state index in [2.05, 4.69) is 14.6 Å². The number of nitrogens with zero attached hydrogens (tertiary/aromatic N) is 2. The fraction of sp³-hybridized carbons (Fsp3) is 0.467. The molecule has 0 bridgehead atoms. The third-order valence-corrected chi connectivity index (χ3v) is 6.87. The smallest absolute Gasteiger partial charge is 0.348 e. The number of hydrogen-bond acceptors (Lipinski definition) is 8. The van der Waals surface area contributed by atoms with Crippen molar-refractivity contribution in [2.45, 2.75) is 23.8 Å². The topological polar surface area (TPSA) is 126 Å². The van der Waals surface area contributed by atoms with Crippen LogP contribution in [0.5, 0.6) is 0 Å². The molecule has 0 aromatic carbocycles. The molecule has 1 fully saturated rings. The molecule has 8 nitrogen and oxygen atoms in total. The summed E-state index contributed by atoms with van der Waals surface area (Å²) in [7, 11) is -3.21. The van der Waals surface area contributed by atoms with Gasteiger partial charge in [-0.3, -0.25) is 0 Å².